The first-order chi connectivity index (χ1) is 14.7. The van der Waals surface area contributed by atoms with Crippen LogP contribution in [-0.2, 0) is 6.61 Å². The van der Waals surface area contributed by atoms with Crippen LogP contribution in [0.4, 0.5) is 0 Å². The fraction of sp³-hybridized carbons (Fsp3) is 0.0800. The maximum absolute atomic E-state index is 13.0. The molecule has 5 heteroatoms. The number of ketones is 1. The summed E-state index contributed by atoms with van der Waals surface area (Å²) in [6.07, 6.45) is 0. The van der Waals surface area contributed by atoms with Gasteiger partial charge in [0, 0.05) is 27.9 Å². The van der Waals surface area contributed by atoms with Gasteiger partial charge in [0.15, 0.2) is 0 Å². The van der Waals surface area contributed by atoms with Crippen molar-refractivity contribution in [3.63, 3.8) is 0 Å². The van der Waals surface area contributed by atoms with Crippen molar-refractivity contribution in [2.24, 2.45) is 0 Å². The average molecular weight is 396 g/mol. The van der Waals surface area contributed by atoms with Crippen molar-refractivity contribution < 1.29 is 14.3 Å². The van der Waals surface area contributed by atoms with E-state index in [1.54, 1.807) is 7.11 Å². The number of rotatable bonds is 6. The molecule has 30 heavy (non-hydrogen) atoms. The lowest BCUT2D eigenvalue weighted by molar-refractivity contribution is 0.103. The number of carbonyl (C=O) groups is 1. The van der Waals surface area contributed by atoms with E-state index in [9.17, 15) is 4.79 Å². The van der Waals surface area contributed by atoms with Crippen molar-refractivity contribution in [3.8, 4) is 11.5 Å². The topological polar surface area (TPSA) is 67.1 Å². The normalized spacial score (nSPS) is 11.1. The van der Waals surface area contributed by atoms with E-state index in [4.69, 9.17) is 9.47 Å². The second-order valence-corrected chi connectivity index (χ2v) is 7.17. The number of aromatic nitrogens is 2. The molecule has 0 spiro atoms. The molecule has 0 fully saturated rings. The van der Waals surface area contributed by atoms with E-state index in [0.29, 0.717) is 18.0 Å². The predicted octanol–water partition coefficient (Wildman–Crippen LogP) is 5.47. The van der Waals surface area contributed by atoms with Gasteiger partial charge in [-0.1, -0.05) is 30.3 Å². The standard InChI is InChI=1S/C25H20N2O3/c1-29-19-8-7-17-12-23(27-22(17)14-19)25(28)24-13-18-11-20(9-10-21(18)26-24)30-15-16-5-3-2-4-6-16/h2-14,26-27H,15H2,1H3. The number of H-pyrrole nitrogens is 2. The molecule has 5 aromatic rings. The Morgan fingerprint density at radius 2 is 1.50 bits per heavy atom. The zero-order valence-corrected chi connectivity index (χ0v) is 16.4. The number of benzene rings is 3. The molecule has 0 aliphatic carbocycles. The van der Waals surface area contributed by atoms with E-state index in [2.05, 4.69) is 9.97 Å². The monoisotopic (exact) mass is 396 g/mol. The van der Waals surface area contributed by atoms with Crippen molar-refractivity contribution in [1.29, 1.82) is 0 Å². The fourth-order valence-electron chi connectivity index (χ4n) is 3.56. The number of aromatic amines is 2. The van der Waals surface area contributed by atoms with Crippen LogP contribution in [0.5, 0.6) is 11.5 Å². The van der Waals surface area contributed by atoms with Gasteiger partial charge in [-0.15, -0.1) is 0 Å². The number of fused-ring (bicyclic) bond motifs is 2. The van der Waals surface area contributed by atoms with E-state index in [0.717, 1.165) is 38.9 Å². The van der Waals surface area contributed by atoms with Gasteiger partial charge in [-0.3, -0.25) is 4.79 Å². The molecule has 0 aliphatic heterocycles. The lowest BCUT2D eigenvalue weighted by atomic mass is 10.2. The van der Waals surface area contributed by atoms with Gasteiger partial charge in [0.1, 0.15) is 18.1 Å². The number of nitrogens with one attached hydrogen (secondary N) is 2. The van der Waals surface area contributed by atoms with Gasteiger partial charge < -0.3 is 19.4 Å². The van der Waals surface area contributed by atoms with E-state index < -0.39 is 0 Å². The highest BCUT2D eigenvalue weighted by atomic mass is 16.5. The maximum Gasteiger partial charge on any atom is 0.225 e. The average Bonchev–Trinajstić information content (AvgIpc) is 3.41. The van der Waals surface area contributed by atoms with Gasteiger partial charge >= 0.3 is 0 Å². The smallest absolute Gasteiger partial charge is 0.225 e. The highest BCUT2D eigenvalue weighted by Gasteiger charge is 2.15. The second-order valence-electron chi connectivity index (χ2n) is 7.17. The summed E-state index contributed by atoms with van der Waals surface area (Å²) in [6, 6.07) is 25.2. The van der Waals surface area contributed by atoms with Crippen molar-refractivity contribution in [3.05, 3.63) is 95.8 Å². The highest BCUT2D eigenvalue weighted by molar-refractivity contribution is 6.11. The van der Waals surface area contributed by atoms with E-state index in [1.165, 1.54) is 0 Å². The summed E-state index contributed by atoms with van der Waals surface area (Å²) >= 11 is 0. The molecule has 0 atom stereocenters. The van der Waals surface area contributed by atoms with Gasteiger partial charge in [0.05, 0.1) is 18.5 Å². The Balaban J connectivity index is 1.39. The number of carbonyl (C=O) groups excluding carboxylic acids is 1. The summed E-state index contributed by atoms with van der Waals surface area (Å²) in [7, 11) is 1.62. The summed E-state index contributed by atoms with van der Waals surface area (Å²) in [6.45, 7) is 0.501. The van der Waals surface area contributed by atoms with Gasteiger partial charge in [0.25, 0.3) is 0 Å². The Morgan fingerprint density at radius 1 is 0.767 bits per heavy atom. The SMILES string of the molecule is COc1ccc2cc(C(=O)c3cc4cc(OCc5ccccc5)ccc4[nH]3)[nH]c2c1. The molecular formula is C25H20N2O3. The van der Waals surface area contributed by atoms with E-state index in [-0.39, 0.29) is 5.78 Å². The summed E-state index contributed by atoms with van der Waals surface area (Å²) < 4.78 is 11.2. The zero-order chi connectivity index (χ0) is 20.5. The largest absolute Gasteiger partial charge is 0.497 e. The molecule has 0 aliphatic rings. The molecule has 0 amide bonds. The molecule has 5 nitrogen and oxygen atoms in total. The molecule has 2 N–H and O–H groups in total. The van der Waals surface area contributed by atoms with E-state index in [1.807, 2.05) is 78.9 Å². The number of ether oxygens (including phenoxy) is 2. The minimum Gasteiger partial charge on any atom is -0.497 e. The highest BCUT2D eigenvalue weighted by Crippen LogP contribution is 2.26. The Labute approximate surface area is 173 Å². The van der Waals surface area contributed by atoms with Crippen LogP contribution >= 0.6 is 0 Å². The van der Waals surface area contributed by atoms with E-state index >= 15 is 0 Å². The van der Waals surface area contributed by atoms with Crippen molar-refractivity contribution in [2.75, 3.05) is 7.11 Å². The number of methoxy groups -OCH3 is 1. The molecule has 0 radical (unpaired) electrons. The summed E-state index contributed by atoms with van der Waals surface area (Å²) in [5.41, 5.74) is 3.93. The molecule has 2 aromatic heterocycles. The third-order valence-corrected chi connectivity index (χ3v) is 5.16. The Hall–Kier alpha value is -3.99. The van der Waals surface area contributed by atoms with Crippen LogP contribution < -0.4 is 9.47 Å². The van der Waals surface area contributed by atoms with Gasteiger partial charge in [0.2, 0.25) is 5.78 Å². The second kappa shape index (κ2) is 7.44. The van der Waals surface area contributed by atoms with Crippen molar-refractivity contribution in [2.45, 2.75) is 6.61 Å². The quantitative estimate of drug-likeness (QED) is 0.374. The van der Waals surface area contributed by atoms with Crippen molar-refractivity contribution >= 4 is 27.6 Å². The molecule has 0 saturated carbocycles. The summed E-state index contributed by atoms with van der Waals surface area (Å²) in [4.78, 5) is 19.4. The lowest BCUT2D eigenvalue weighted by Gasteiger charge is -2.06. The maximum atomic E-state index is 13.0. The number of hydrogen-bond donors (Lipinski definition) is 2. The molecule has 2 heterocycles. The third-order valence-electron chi connectivity index (χ3n) is 5.16. The molecule has 0 saturated heterocycles. The first kappa shape index (κ1) is 18.1. The summed E-state index contributed by atoms with van der Waals surface area (Å²) in [5.74, 6) is 1.42. The lowest BCUT2D eigenvalue weighted by Crippen LogP contribution is -2.01. The van der Waals surface area contributed by atoms with Crippen LogP contribution in [0, 0.1) is 0 Å². The van der Waals surface area contributed by atoms with Crippen LogP contribution in [0.15, 0.2) is 78.9 Å². The summed E-state index contributed by atoms with van der Waals surface area (Å²) in [5, 5.41) is 1.90. The Kier molecular flexibility index (Phi) is 4.48. The van der Waals surface area contributed by atoms with Crippen LogP contribution in [0.3, 0.4) is 0 Å². The molecule has 3 aromatic carbocycles. The molecule has 0 bridgehead atoms. The molecule has 5 rings (SSSR count). The third kappa shape index (κ3) is 3.42. The van der Waals surface area contributed by atoms with Gasteiger partial charge in [-0.25, -0.2) is 0 Å². The van der Waals surface area contributed by atoms with Gasteiger partial charge in [-0.2, -0.15) is 0 Å². The molecular weight excluding hydrogens is 376 g/mol. The van der Waals surface area contributed by atoms with Crippen molar-refractivity contribution in [1.82, 2.24) is 9.97 Å². The fourth-order valence-corrected chi connectivity index (χ4v) is 3.56. The minimum atomic E-state index is -0.0897. The van der Waals surface area contributed by atoms with Crippen LogP contribution in [-0.4, -0.2) is 22.9 Å². The predicted molar refractivity (Wildman–Crippen MR) is 117 cm³/mol. The van der Waals surface area contributed by atoms with Crippen LogP contribution in [0.1, 0.15) is 21.7 Å². The van der Waals surface area contributed by atoms with Crippen LogP contribution in [0.25, 0.3) is 21.8 Å². The van der Waals surface area contributed by atoms with Gasteiger partial charge in [-0.05, 0) is 48.0 Å². The zero-order valence-electron chi connectivity index (χ0n) is 16.4. The molecule has 148 valence electrons. The Morgan fingerprint density at radius 3 is 2.30 bits per heavy atom. The number of hydrogen-bond acceptors (Lipinski definition) is 3. The van der Waals surface area contributed by atoms with Crippen LogP contribution in [0.2, 0.25) is 0 Å². The molecule has 0 unspecified atom stereocenters. The Bertz CT molecular complexity index is 1350. The first-order valence-corrected chi connectivity index (χ1v) is 9.70. The minimum absolute atomic E-state index is 0.0897. The first-order valence-electron chi connectivity index (χ1n) is 9.70.